The van der Waals surface area contributed by atoms with Crippen molar-refractivity contribution >= 4 is 34.6 Å². The van der Waals surface area contributed by atoms with Gasteiger partial charge in [0, 0.05) is 22.9 Å². The number of hydrogen-bond acceptors (Lipinski definition) is 5. The number of hydrogen-bond donors (Lipinski definition) is 3. The Balaban J connectivity index is 2.02. The van der Waals surface area contributed by atoms with Crippen LogP contribution in [0.3, 0.4) is 0 Å². The monoisotopic (exact) mass is 639 g/mol. The molecule has 0 spiro atoms. The molecule has 0 aliphatic heterocycles. The van der Waals surface area contributed by atoms with Gasteiger partial charge in [0.05, 0.1) is 23.3 Å². The van der Waals surface area contributed by atoms with Crippen molar-refractivity contribution in [1.82, 2.24) is 5.32 Å². The summed E-state index contributed by atoms with van der Waals surface area (Å²) in [4.78, 5) is 50.8. The molecular weight excluding hydrogens is 582 g/mol. The highest BCUT2D eigenvalue weighted by Crippen LogP contribution is 2.31. The van der Waals surface area contributed by atoms with Crippen molar-refractivity contribution in [2.24, 2.45) is 0 Å². The quantitative estimate of drug-likeness (QED) is 0.0690. The second kappa shape index (κ2) is 23.0. The fourth-order valence-electron chi connectivity index (χ4n) is 5.95. The Hall–Kier alpha value is -3.42. The molecule has 0 aromatic heterocycles. The standard InChI is InChI=1S/C38H57NO7/c1-3-5-7-9-11-13-15-17-19-21-27-39-35(40)29-23-24-31(37(43)44)34-32(26-25-30(33(29)34)36(41)42)38(45)46-28-22-20-18-16-14-12-10-8-6-4-2/h23-26H,3-22,27-28H2,1-2H3,(H,39,40)(H,41,42)(H,43,44). The molecule has 0 radical (unpaired) electrons. The maximum Gasteiger partial charge on any atom is 0.338 e. The SMILES string of the molecule is CCCCCCCCCCCCNC(=O)c1ccc(C(=O)O)c2c(C(=O)OCCCCCCCCCCCC)ccc(C(=O)O)c12. The lowest BCUT2D eigenvalue weighted by Gasteiger charge is -2.15. The van der Waals surface area contributed by atoms with Crippen LogP contribution in [-0.4, -0.2) is 47.2 Å². The van der Waals surface area contributed by atoms with Crippen molar-refractivity contribution in [3.05, 3.63) is 46.5 Å². The zero-order valence-corrected chi connectivity index (χ0v) is 28.3. The van der Waals surface area contributed by atoms with Crippen LogP contribution in [0.15, 0.2) is 24.3 Å². The van der Waals surface area contributed by atoms with E-state index in [0.717, 1.165) is 38.5 Å². The van der Waals surface area contributed by atoms with Crippen molar-refractivity contribution in [2.75, 3.05) is 13.2 Å². The van der Waals surface area contributed by atoms with Gasteiger partial charge in [-0.15, -0.1) is 0 Å². The molecule has 2 aromatic rings. The summed E-state index contributed by atoms with van der Waals surface area (Å²) < 4.78 is 5.51. The van der Waals surface area contributed by atoms with E-state index >= 15 is 0 Å². The summed E-state index contributed by atoms with van der Waals surface area (Å²) in [5.74, 6) is -3.88. The van der Waals surface area contributed by atoms with E-state index in [-0.39, 0.29) is 39.6 Å². The Kier molecular flexibility index (Phi) is 19.4. The topological polar surface area (TPSA) is 130 Å². The second-order valence-corrected chi connectivity index (χ2v) is 12.4. The lowest BCUT2D eigenvalue weighted by Crippen LogP contribution is -2.25. The number of aromatic carboxylic acids is 2. The third-order valence-corrected chi connectivity index (χ3v) is 8.63. The van der Waals surface area contributed by atoms with Gasteiger partial charge in [0.15, 0.2) is 0 Å². The first-order chi connectivity index (χ1) is 22.3. The van der Waals surface area contributed by atoms with Gasteiger partial charge in [-0.2, -0.15) is 0 Å². The maximum absolute atomic E-state index is 13.3. The van der Waals surface area contributed by atoms with Crippen molar-refractivity contribution in [2.45, 2.75) is 142 Å². The Morgan fingerprint density at radius 1 is 0.522 bits per heavy atom. The Morgan fingerprint density at radius 3 is 1.35 bits per heavy atom. The highest BCUT2D eigenvalue weighted by atomic mass is 16.5. The Morgan fingerprint density at radius 2 is 0.891 bits per heavy atom. The number of esters is 1. The maximum atomic E-state index is 13.3. The molecule has 0 heterocycles. The summed E-state index contributed by atoms with van der Waals surface area (Å²) in [6.07, 6.45) is 23.0. The summed E-state index contributed by atoms with van der Waals surface area (Å²) in [6.45, 7) is 5.02. The van der Waals surface area contributed by atoms with Gasteiger partial charge in [0.2, 0.25) is 0 Å². The van der Waals surface area contributed by atoms with Gasteiger partial charge in [0.1, 0.15) is 0 Å². The van der Waals surface area contributed by atoms with Gasteiger partial charge in [-0.3, -0.25) is 4.79 Å². The van der Waals surface area contributed by atoms with E-state index in [9.17, 15) is 29.4 Å². The predicted molar refractivity (Wildman–Crippen MR) is 184 cm³/mol. The normalized spacial score (nSPS) is 11.1. The lowest BCUT2D eigenvalue weighted by atomic mass is 9.91. The zero-order chi connectivity index (χ0) is 33.6. The summed E-state index contributed by atoms with van der Waals surface area (Å²) in [5, 5.41) is 22.6. The van der Waals surface area contributed by atoms with E-state index in [0.29, 0.717) is 13.0 Å². The first-order valence-corrected chi connectivity index (χ1v) is 17.8. The van der Waals surface area contributed by atoms with Crippen LogP contribution in [0.25, 0.3) is 10.8 Å². The number of rotatable bonds is 26. The molecule has 0 aliphatic rings. The van der Waals surface area contributed by atoms with Crippen molar-refractivity contribution < 1.29 is 34.1 Å². The third kappa shape index (κ3) is 13.5. The zero-order valence-electron chi connectivity index (χ0n) is 28.3. The number of carboxylic acid groups (broad SMARTS) is 2. The molecule has 8 nitrogen and oxygen atoms in total. The van der Waals surface area contributed by atoms with Crippen LogP contribution in [-0.2, 0) is 4.74 Å². The first-order valence-electron chi connectivity index (χ1n) is 17.8. The Bertz CT molecular complexity index is 1140. The van der Waals surface area contributed by atoms with E-state index in [1.54, 1.807) is 0 Å². The first kappa shape index (κ1) is 38.8. The van der Waals surface area contributed by atoms with Crippen LogP contribution in [0.2, 0.25) is 0 Å². The number of ether oxygens (including phenoxy) is 1. The molecule has 0 unspecified atom stereocenters. The number of unbranched alkanes of at least 4 members (excludes halogenated alkanes) is 18. The summed E-state index contributed by atoms with van der Waals surface area (Å²) in [6, 6.07) is 5.10. The van der Waals surface area contributed by atoms with Gasteiger partial charge >= 0.3 is 17.9 Å². The number of benzene rings is 2. The molecule has 0 saturated heterocycles. The van der Waals surface area contributed by atoms with Crippen LogP contribution in [0.1, 0.15) is 184 Å². The third-order valence-electron chi connectivity index (χ3n) is 8.63. The van der Waals surface area contributed by atoms with Crippen LogP contribution in [0, 0.1) is 0 Å². The molecule has 3 N–H and O–H groups in total. The lowest BCUT2D eigenvalue weighted by molar-refractivity contribution is 0.0498. The summed E-state index contributed by atoms with van der Waals surface area (Å²) >= 11 is 0. The van der Waals surface area contributed by atoms with E-state index in [4.69, 9.17) is 4.74 Å². The van der Waals surface area contributed by atoms with Crippen LogP contribution in [0.4, 0.5) is 0 Å². The van der Waals surface area contributed by atoms with Gasteiger partial charge in [0.25, 0.3) is 5.91 Å². The van der Waals surface area contributed by atoms with Crippen molar-refractivity contribution in [1.29, 1.82) is 0 Å². The fourth-order valence-corrected chi connectivity index (χ4v) is 5.95. The predicted octanol–water partition coefficient (Wildman–Crippen LogP) is 9.96. The molecule has 1 amide bonds. The van der Waals surface area contributed by atoms with Crippen LogP contribution in [0.5, 0.6) is 0 Å². The molecule has 0 bridgehead atoms. The summed E-state index contributed by atoms with van der Waals surface area (Å²) in [5.41, 5.74) is -0.536. The minimum Gasteiger partial charge on any atom is -0.478 e. The molecule has 2 rings (SSSR count). The van der Waals surface area contributed by atoms with Gasteiger partial charge < -0.3 is 20.3 Å². The minimum absolute atomic E-state index is 0.0221. The number of carboxylic acids is 2. The number of fused-ring (bicyclic) bond motifs is 1. The number of amides is 1. The number of carbonyl (C=O) groups is 4. The molecule has 256 valence electrons. The molecular formula is C38H57NO7. The molecule has 0 aliphatic carbocycles. The average molecular weight is 640 g/mol. The van der Waals surface area contributed by atoms with Gasteiger partial charge in [-0.25, -0.2) is 14.4 Å². The van der Waals surface area contributed by atoms with E-state index < -0.39 is 23.8 Å². The van der Waals surface area contributed by atoms with Crippen molar-refractivity contribution in [3.63, 3.8) is 0 Å². The average Bonchev–Trinajstić information content (AvgIpc) is 3.04. The highest BCUT2D eigenvalue weighted by Gasteiger charge is 2.26. The highest BCUT2D eigenvalue weighted by molar-refractivity contribution is 6.22. The van der Waals surface area contributed by atoms with Gasteiger partial charge in [-0.1, -0.05) is 129 Å². The number of nitrogens with one attached hydrogen (secondary N) is 1. The van der Waals surface area contributed by atoms with Crippen LogP contribution < -0.4 is 5.32 Å². The molecule has 0 saturated carbocycles. The molecule has 0 atom stereocenters. The number of carbonyl (C=O) groups excluding carboxylic acids is 2. The smallest absolute Gasteiger partial charge is 0.338 e. The largest absolute Gasteiger partial charge is 0.478 e. The fraction of sp³-hybridized carbons (Fsp3) is 0.632. The van der Waals surface area contributed by atoms with Crippen LogP contribution >= 0.6 is 0 Å². The van der Waals surface area contributed by atoms with E-state index in [2.05, 4.69) is 19.2 Å². The van der Waals surface area contributed by atoms with Crippen molar-refractivity contribution in [3.8, 4) is 0 Å². The Labute approximate surface area is 275 Å². The molecule has 2 aromatic carbocycles. The van der Waals surface area contributed by atoms with E-state index in [1.807, 2.05) is 0 Å². The molecule has 46 heavy (non-hydrogen) atoms. The van der Waals surface area contributed by atoms with Gasteiger partial charge in [-0.05, 0) is 37.1 Å². The summed E-state index contributed by atoms with van der Waals surface area (Å²) in [7, 11) is 0. The minimum atomic E-state index is -1.33. The molecule has 8 heteroatoms. The van der Waals surface area contributed by atoms with E-state index in [1.165, 1.54) is 108 Å². The second-order valence-electron chi connectivity index (χ2n) is 12.4. The molecule has 0 fully saturated rings.